The number of ether oxygens (including phenoxy) is 1. The van der Waals surface area contributed by atoms with Crippen molar-refractivity contribution in [3.05, 3.63) is 29.3 Å². The fourth-order valence-corrected chi connectivity index (χ4v) is 1.55. The molecule has 1 rings (SSSR count). The minimum absolute atomic E-state index is 0.273. The third kappa shape index (κ3) is 3.36. The third-order valence-corrected chi connectivity index (χ3v) is 2.27. The Labute approximate surface area is 101 Å². The van der Waals surface area contributed by atoms with Crippen LogP contribution < -0.4 is 4.74 Å². The van der Waals surface area contributed by atoms with Gasteiger partial charge in [-0.15, -0.1) is 13.2 Å². The van der Waals surface area contributed by atoms with E-state index in [1.165, 1.54) is 12.1 Å². The highest BCUT2D eigenvalue weighted by Crippen LogP contribution is 2.33. The number of hydrogen-bond acceptors (Lipinski definition) is 3. The maximum Gasteiger partial charge on any atom is 0.573 e. The molecule has 1 atom stereocenters. The van der Waals surface area contributed by atoms with Gasteiger partial charge in [0, 0.05) is 5.56 Å². The summed E-state index contributed by atoms with van der Waals surface area (Å²) in [5.41, 5.74) is -0.0866. The summed E-state index contributed by atoms with van der Waals surface area (Å²) in [7, 11) is 0. The minimum atomic E-state index is -4.95. The zero-order valence-corrected chi connectivity index (χ0v) is 9.36. The first kappa shape index (κ1) is 14.3. The monoisotopic (exact) mass is 264 g/mol. The van der Waals surface area contributed by atoms with E-state index < -0.39 is 24.2 Å². The molecule has 0 saturated carbocycles. The second-order valence-electron chi connectivity index (χ2n) is 3.47. The number of alkyl halides is 3. The third-order valence-electron chi connectivity index (χ3n) is 2.27. The zero-order chi connectivity index (χ0) is 13.9. The number of carboxylic acids is 1. The highest BCUT2D eigenvalue weighted by Gasteiger charge is 2.34. The van der Waals surface area contributed by atoms with Crippen LogP contribution in [-0.2, 0) is 11.2 Å². The highest BCUT2D eigenvalue weighted by atomic mass is 19.4. The first-order chi connectivity index (χ1) is 8.26. The number of benzene rings is 1. The van der Waals surface area contributed by atoms with Crippen LogP contribution in [0, 0.1) is 0 Å². The summed E-state index contributed by atoms with van der Waals surface area (Å²) in [5.74, 6) is -2.33. The molecule has 1 aromatic carbocycles. The number of rotatable bonds is 4. The predicted molar refractivity (Wildman–Crippen MR) is 55.1 cm³/mol. The van der Waals surface area contributed by atoms with Crippen molar-refractivity contribution in [3.63, 3.8) is 0 Å². The van der Waals surface area contributed by atoms with Gasteiger partial charge in [-0.2, -0.15) is 0 Å². The maximum absolute atomic E-state index is 12.2. The largest absolute Gasteiger partial charge is 0.573 e. The molecular formula is C11H11F3O4. The van der Waals surface area contributed by atoms with Crippen molar-refractivity contribution < 1.29 is 32.9 Å². The van der Waals surface area contributed by atoms with Crippen molar-refractivity contribution in [2.75, 3.05) is 0 Å². The van der Waals surface area contributed by atoms with Crippen LogP contribution in [0.25, 0.3) is 0 Å². The molecule has 1 aromatic rings. The summed E-state index contributed by atoms with van der Waals surface area (Å²) in [5, 5.41) is 18.1. The number of carbonyl (C=O) groups is 1. The highest BCUT2D eigenvalue weighted by molar-refractivity contribution is 5.76. The maximum atomic E-state index is 12.2. The van der Waals surface area contributed by atoms with E-state index in [-0.39, 0.29) is 17.5 Å². The van der Waals surface area contributed by atoms with Crippen LogP contribution in [-0.4, -0.2) is 22.5 Å². The van der Waals surface area contributed by atoms with E-state index in [4.69, 9.17) is 5.11 Å². The lowest BCUT2D eigenvalue weighted by molar-refractivity contribution is -0.275. The molecular weight excluding hydrogens is 253 g/mol. The van der Waals surface area contributed by atoms with Gasteiger partial charge in [-0.3, -0.25) is 0 Å². The van der Waals surface area contributed by atoms with Crippen LogP contribution in [0.4, 0.5) is 13.2 Å². The number of aliphatic hydroxyl groups is 1. The summed E-state index contributed by atoms with van der Waals surface area (Å²) >= 11 is 0. The SMILES string of the molecule is CCc1cccc(OC(F)(F)F)c1C(O)C(=O)O. The summed E-state index contributed by atoms with van der Waals surface area (Å²) in [6.07, 6.45) is -6.73. The fraction of sp³-hybridized carbons (Fsp3) is 0.364. The van der Waals surface area contributed by atoms with Crippen molar-refractivity contribution in [1.29, 1.82) is 0 Å². The quantitative estimate of drug-likeness (QED) is 0.875. The number of hydrogen-bond donors (Lipinski definition) is 2. The Hall–Kier alpha value is -1.76. The van der Waals surface area contributed by atoms with Crippen LogP contribution >= 0.6 is 0 Å². The van der Waals surface area contributed by atoms with Gasteiger partial charge in [-0.25, -0.2) is 4.79 Å². The van der Waals surface area contributed by atoms with Crippen LogP contribution in [0.3, 0.4) is 0 Å². The standard InChI is InChI=1S/C11H11F3O4/c1-2-6-4-3-5-7(18-11(12,13)14)8(6)9(15)10(16)17/h3-5,9,15H,2H2,1H3,(H,16,17). The molecule has 0 heterocycles. The Bertz CT molecular complexity index is 442. The first-order valence-corrected chi connectivity index (χ1v) is 5.04. The van der Waals surface area contributed by atoms with Crippen molar-refractivity contribution in [2.24, 2.45) is 0 Å². The van der Waals surface area contributed by atoms with E-state index in [9.17, 15) is 23.1 Å². The molecule has 1 unspecified atom stereocenters. The second kappa shape index (κ2) is 5.26. The molecule has 18 heavy (non-hydrogen) atoms. The minimum Gasteiger partial charge on any atom is -0.479 e. The normalized spacial score (nSPS) is 13.2. The molecule has 0 fully saturated rings. The van der Waals surface area contributed by atoms with E-state index in [0.29, 0.717) is 0 Å². The first-order valence-electron chi connectivity index (χ1n) is 5.04. The summed E-state index contributed by atoms with van der Waals surface area (Å²) in [4.78, 5) is 10.7. The van der Waals surface area contributed by atoms with Crippen LogP contribution in [0.5, 0.6) is 5.75 Å². The van der Waals surface area contributed by atoms with Gasteiger partial charge < -0.3 is 14.9 Å². The van der Waals surface area contributed by atoms with Gasteiger partial charge in [-0.1, -0.05) is 19.1 Å². The van der Waals surface area contributed by atoms with E-state index in [1.807, 2.05) is 0 Å². The molecule has 0 radical (unpaired) electrons. The zero-order valence-electron chi connectivity index (χ0n) is 9.36. The smallest absolute Gasteiger partial charge is 0.479 e. The Balaban J connectivity index is 3.29. The molecule has 100 valence electrons. The Morgan fingerprint density at radius 2 is 2.06 bits per heavy atom. The molecule has 0 aliphatic heterocycles. The summed E-state index contributed by atoms with van der Waals surface area (Å²) < 4.78 is 40.2. The fourth-order valence-electron chi connectivity index (χ4n) is 1.55. The van der Waals surface area contributed by atoms with E-state index in [2.05, 4.69) is 4.74 Å². The number of aliphatic hydroxyl groups excluding tert-OH is 1. The molecule has 2 N–H and O–H groups in total. The lowest BCUT2D eigenvalue weighted by Crippen LogP contribution is -2.21. The van der Waals surface area contributed by atoms with Gasteiger partial charge in [0.1, 0.15) is 5.75 Å². The predicted octanol–water partition coefficient (Wildman–Crippen LogP) is 2.27. The van der Waals surface area contributed by atoms with Gasteiger partial charge in [-0.05, 0) is 18.1 Å². The molecule has 0 amide bonds. The molecule has 0 bridgehead atoms. The van der Waals surface area contributed by atoms with E-state index in [0.717, 1.165) is 6.07 Å². The van der Waals surface area contributed by atoms with Crippen LogP contribution in [0.15, 0.2) is 18.2 Å². The van der Waals surface area contributed by atoms with Gasteiger partial charge in [0.05, 0.1) is 0 Å². The van der Waals surface area contributed by atoms with Crippen molar-refractivity contribution in [2.45, 2.75) is 25.8 Å². The molecule has 4 nitrogen and oxygen atoms in total. The van der Waals surface area contributed by atoms with Gasteiger partial charge in [0.2, 0.25) is 0 Å². The lowest BCUT2D eigenvalue weighted by Gasteiger charge is -2.17. The topological polar surface area (TPSA) is 66.8 Å². The van der Waals surface area contributed by atoms with Crippen LogP contribution in [0.1, 0.15) is 24.2 Å². The number of aliphatic carboxylic acids is 1. The van der Waals surface area contributed by atoms with E-state index in [1.54, 1.807) is 6.92 Å². The summed E-state index contributed by atoms with van der Waals surface area (Å²) in [6, 6.07) is 3.71. The van der Waals surface area contributed by atoms with Crippen LogP contribution in [0.2, 0.25) is 0 Å². The van der Waals surface area contributed by atoms with Gasteiger partial charge in [0.25, 0.3) is 0 Å². The lowest BCUT2D eigenvalue weighted by atomic mass is 9.99. The summed E-state index contributed by atoms with van der Waals surface area (Å²) in [6.45, 7) is 1.63. The van der Waals surface area contributed by atoms with Gasteiger partial charge in [0.15, 0.2) is 6.10 Å². The average Bonchev–Trinajstić information content (AvgIpc) is 2.25. The molecule has 0 spiro atoms. The number of halogens is 3. The Kier molecular flexibility index (Phi) is 4.18. The van der Waals surface area contributed by atoms with Crippen molar-refractivity contribution in [1.82, 2.24) is 0 Å². The molecule has 7 heteroatoms. The molecule has 0 aliphatic carbocycles. The van der Waals surface area contributed by atoms with Crippen molar-refractivity contribution in [3.8, 4) is 5.75 Å². The molecule has 0 aromatic heterocycles. The second-order valence-corrected chi connectivity index (χ2v) is 3.47. The average molecular weight is 264 g/mol. The Morgan fingerprint density at radius 1 is 1.44 bits per heavy atom. The number of carboxylic acid groups (broad SMARTS) is 1. The Morgan fingerprint density at radius 3 is 2.50 bits per heavy atom. The van der Waals surface area contributed by atoms with Crippen molar-refractivity contribution >= 4 is 5.97 Å². The van der Waals surface area contributed by atoms with E-state index >= 15 is 0 Å². The number of aryl methyl sites for hydroxylation is 1. The van der Waals surface area contributed by atoms with Gasteiger partial charge >= 0.3 is 12.3 Å². The molecule has 0 aliphatic rings. The molecule has 0 saturated heterocycles.